The Bertz CT molecular complexity index is 844. The summed E-state index contributed by atoms with van der Waals surface area (Å²) in [5, 5.41) is 9.81. The van der Waals surface area contributed by atoms with Crippen molar-refractivity contribution in [3.05, 3.63) is 46.3 Å². The summed E-state index contributed by atoms with van der Waals surface area (Å²) in [5.41, 5.74) is 3.29. The van der Waals surface area contributed by atoms with Crippen LogP contribution < -0.4 is 20.7 Å². The minimum absolute atomic E-state index is 0.350. The van der Waals surface area contributed by atoms with Crippen LogP contribution in [-0.4, -0.2) is 31.4 Å². The maximum absolute atomic E-state index is 12.6. The number of nitrogens with zero attached hydrogens (tertiary/aromatic N) is 1. The third-order valence-electron chi connectivity index (χ3n) is 5.37. The molecule has 6 nitrogen and oxygen atoms in total. The van der Waals surface area contributed by atoms with E-state index >= 15 is 0 Å². The highest BCUT2D eigenvalue weighted by Crippen LogP contribution is 2.28. The van der Waals surface area contributed by atoms with Gasteiger partial charge in [0, 0.05) is 16.8 Å². The van der Waals surface area contributed by atoms with Gasteiger partial charge in [-0.05, 0) is 76.3 Å². The average molecular weight is 431 g/mol. The van der Waals surface area contributed by atoms with E-state index in [0.717, 1.165) is 37.1 Å². The zero-order valence-corrected chi connectivity index (χ0v) is 18.5. The summed E-state index contributed by atoms with van der Waals surface area (Å²) in [7, 11) is 0. The van der Waals surface area contributed by atoms with Crippen LogP contribution in [0.25, 0.3) is 0 Å². The first kappa shape index (κ1) is 22.4. The lowest BCUT2D eigenvalue weighted by atomic mass is 9.93. The van der Waals surface area contributed by atoms with Gasteiger partial charge in [0.1, 0.15) is 5.75 Å². The highest BCUT2D eigenvalue weighted by atomic mass is 35.5. The lowest BCUT2D eigenvalue weighted by Gasteiger charge is -2.26. The van der Waals surface area contributed by atoms with Gasteiger partial charge in [-0.15, -0.1) is 0 Å². The number of hydrogen-bond acceptors (Lipinski definition) is 4. The summed E-state index contributed by atoms with van der Waals surface area (Å²) >= 11 is 6.14. The quantitative estimate of drug-likeness (QED) is 0.482. The van der Waals surface area contributed by atoms with Crippen molar-refractivity contribution in [2.75, 3.05) is 18.5 Å². The number of hydrogen-bond donors (Lipinski definition) is 3. The molecule has 2 aliphatic rings. The molecule has 3 N–H and O–H groups in total. The molecule has 1 aromatic carbocycles. The van der Waals surface area contributed by atoms with Crippen LogP contribution in [0.15, 0.2) is 46.2 Å². The second-order valence-corrected chi connectivity index (χ2v) is 8.28. The number of allylic oxidation sites excluding steroid dienone is 4. The van der Waals surface area contributed by atoms with Crippen LogP contribution in [-0.2, 0) is 0 Å². The number of anilines is 1. The van der Waals surface area contributed by atoms with Crippen molar-refractivity contribution >= 4 is 29.5 Å². The predicted octanol–water partition coefficient (Wildman–Crippen LogP) is 5.41. The molecule has 1 aliphatic heterocycles. The Morgan fingerprint density at radius 3 is 2.87 bits per heavy atom. The topological polar surface area (TPSA) is 74.8 Å². The first-order valence-electron chi connectivity index (χ1n) is 10.7. The molecular weight excluding hydrogens is 400 g/mol. The third kappa shape index (κ3) is 6.89. The zero-order chi connectivity index (χ0) is 21.3. The smallest absolute Gasteiger partial charge is 0.323 e. The van der Waals surface area contributed by atoms with Crippen molar-refractivity contribution in [2.45, 2.75) is 58.4 Å². The SMILES string of the molecule is CC1=C/CC/C(C)=C(NC(=O)Nc2cc(Cl)ccc2OCCCNC2CCC2)/C=N\1. The number of benzene rings is 1. The Labute approximate surface area is 183 Å². The Balaban J connectivity index is 1.55. The molecule has 1 aromatic rings. The molecule has 1 saturated carbocycles. The molecule has 0 radical (unpaired) electrons. The molecule has 0 unspecified atom stereocenters. The van der Waals surface area contributed by atoms with Crippen molar-refractivity contribution in [2.24, 2.45) is 4.99 Å². The normalized spacial score (nSPS) is 22.2. The Morgan fingerprint density at radius 2 is 2.10 bits per heavy atom. The van der Waals surface area contributed by atoms with Crippen molar-refractivity contribution in [3.63, 3.8) is 0 Å². The molecule has 0 spiro atoms. The fourth-order valence-electron chi connectivity index (χ4n) is 3.27. The molecule has 3 rings (SSSR count). The summed E-state index contributed by atoms with van der Waals surface area (Å²) in [6, 6.07) is 5.57. The van der Waals surface area contributed by atoms with Crippen LogP contribution in [0.3, 0.4) is 0 Å². The molecule has 0 saturated heterocycles. The number of ether oxygens (including phenoxy) is 1. The van der Waals surface area contributed by atoms with Gasteiger partial charge in [-0.25, -0.2) is 4.79 Å². The minimum Gasteiger partial charge on any atom is -0.491 e. The van der Waals surface area contributed by atoms with Gasteiger partial charge in [0.2, 0.25) is 0 Å². The van der Waals surface area contributed by atoms with E-state index in [-0.39, 0.29) is 6.03 Å². The maximum Gasteiger partial charge on any atom is 0.323 e. The second-order valence-electron chi connectivity index (χ2n) is 7.84. The molecule has 1 fully saturated rings. The van der Waals surface area contributed by atoms with E-state index in [1.807, 2.05) is 13.8 Å². The third-order valence-corrected chi connectivity index (χ3v) is 5.61. The van der Waals surface area contributed by atoms with Gasteiger partial charge in [0.25, 0.3) is 0 Å². The molecular formula is C23H31ClN4O2. The van der Waals surface area contributed by atoms with E-state index in [2.05, 4.69) is 27.0 Å². The Morgan fingerprint density at radius 1 is 1.27 bits per heavy atom. The summed E-state index contributed by atoms with van der Waals surface area (Å²) < 4.78 is 5.90. The zero-order valence-electron chi connectivity index (χ0n) is 17.8. The van der Waals surface area contributed by atoms with Crippen molar-refractivity contribution in [3.8, 4) is 5.75 Å². The number of rotatable bonds is 8. The fourth-order valence-corrected chi connectivity index (χ4v) is 3.45. The summed E-state index contributed by atoms with van der Waals surface area (Å²) in [5.74, 6) is 0.606. The molecule has 162 valence electrons. The van der Waals surface area contributed by atoms with E-state index in [9.17, 15) is 4.79 Å². The second kappa shape index (κ2) is 11.2. The van der Waals surface area contributed by atoms with Crippen molar-refractivity contribution in [1.29, 1.82) is 0 Å². The molecule has 2 amide bonds. The van der Waals surface area contributed by atoms with Crippen LogP contribution in [0.1, 0.15) is 52.4 Å². The predicted molar refractivity (Wildman–Crippen MR) is 124 cm³/mol. The Hall–Kier alpha value is -2.31. The maximum atomic E-state index is 12.6. The molecule has 1 aliphatic carbocycles. The van der Waals surface area contributed by atoms with Gasteiger partial charge in [-0.1, -0.05) is 24.1 Å². The first-order chi connectivity index (χ1) is 14.5. The minimum atomic E-state index is -0.350. The fraction of sp³-hybridized carbons (Fsp3) is 0.478. The number of urea groups is 1. The monoisotopic (exact) mass is 430 g/mol. The van der Waals surface area contributed by atoms with Crippen LogP contribution in [0.4, 0.5) is 10.5 Å². The van der Waals surface area contributed by atoms with Gasteiger partial charge < -0.3 is 20.7 Å². The molecule has 0 aromatic heterocycles. The number of aliphatic imine (C=N–C) groups is 1. The van der Waals surface area contributed by atoms with E-state index in [0.29, 0.717) is 34.8 Å². The molecule has 30 heavy (non-hydrogen) atoms. The molecule has 0 bridgehead atoms. The van der Waals surface area contributed by atoms with E-state index in [1.54, 1.807) is 24.4 Å². The number of nitrogens with one attached hydrogen (secondary N) is 3. The Kier molecular flexibility index (Phi) is 8.34. The van der Waals surface area contributed by atoms with E-state index < -0.39 is 0 Å². The lowest BCUT2D eigenvalue weighted by molar-refractivity contribution is 0.254. The van der Waals surface area contributed by atoms with Crippen molar-refractivity contribution in [1.82, 2.24) is 10.6 Å². The highest BCUT2D eigenvalue weighted by molar-refractivity contribution is 6.31. The number of halogens is 1. The van der Waals surface area contributed by atoms with Crippen LogP contribution in [0, 0.1) is 0 Å². The van der Waals surface area contributed by atoms with Gasteiger partial charge in [0.05, 0.1) is 24.2 Å². The van der Waals surface area contributed by atoms with Gasteiger partial charge >= 0.3 is 6.03 Å². The number of carbonyl (C=O) groups is 1. The van der Waals surface area contributed by atoms with Crippen LogP contribution >= 0.6 is 11.6 Å². The van der Waals surface area contributed by atoms with Gasteiger partial charge in [0.15, 0.2) is 0 Å². The molecule has 7 heteroatoms. The van der Waals surface area contributed by atoms with E-state index in [1.165, 1.54) is 19.3 Å². The van der Waals surface area contributed by atoms with Crippen LogP contribution in [0.5, 0.6) is 5.75 Å². The first-order valence-corrected chi connectivity index (χ1v) is 11.0. The van der Waals surface area contributed by atoms with Gasteiger partial charge in [-0.3, -0.25) is 4.99 Å². The van der Waals surface area contributed by atoms with Crippen molar-refractivity contribution < 1.29 is 9.53 Å². The summed E-state index contributed by atoms with van der Waals surface area (Å²) in [6.45, 7) is 5.45. The summed E-state index contributed by atoms with van der Waals surface area (Å²) in [4.78, 5) is 17.0. The number of amides is 2. The average Bonchev–Trinajstić information content (AvgIpc) is 2.66. The lowest BCUT2D eigenvalue weighted by Crippen LogP contribution is -2.36. The number of carbonyl (C=O) groups excluding carboxylic acids is 1. The standard InChI is InChI=1S/C23H31ClN4O2/c1-16-6-3-7-17(2)26-15-21(16)28-23(29)27-20-14-18(24)10-11-22(20)30-13-5-12-25-19-8-4-9-19/h7,10-11,14-15,19,25H,3-6,8-9,12-13H2,1-2H3,(H2,27,28,29)/b17-7-,21-16-,26-15-. The largest absolute Gasteiger partial charge is 0.491 e. The van der Waals surface area contributed by atoms with E-state index in [4.69, 9.17) is 16.3 Å². The summed E-state index contributed by atoms with van der Waals surface area (Å²) in [6.07, 6.45) is 10.4. The van der Waals surface area contributed by atoms with Gasteiger partial charge in [-0.2, -0.15) is 0 Å². The molecule has 1 heterocycles. The van der Waals surface area contributed by atoms with Crippen LogP contribution in [0.2, 0.25) is 5.02 Å². The highest BCUT2D eigenvalue weighted by Gasteiger charge is 2.16. The molecule has 0 atom stereocenters.